The van der Waals surface area contributed by atoms with Gasteiger partial charge in [0.25, 0.3) is 5.91 Å². The summed E-state index contributed by atoms with van der Waals surface area (Å²) >= 11 is 0. The Morgan fingerprint density at radius 1 is 1.47 bits per heavy atom. The van der Waals surface area contributed by atoms with Crippen LogP contribution in [0.1, 0.15) is 5.56 Å². The Morgan fingerprint density at radius 2 is 2.35 bits per heavy atom. The molecule has 1 aliphatic rings. The topological polar surface area (TPSA) is 67.0 Å². The summed E-state index contributed by atoms with van der Waals surface area (Å²) in [5, 5.41) is 9.14. The molecular formula is C12H11N3O2. The van der Waals surface area contributed by atoms with Gasteiger partial charge in [-0.15, -0.1) is 0 Å². The van der Waals surface area contributed by atoms with Crippen LogP contribution in [0.25, 0.3) is 0 Å². The van der Waals surface area contributed by atoms with Gasteiger partial charge in [-0.3, -0.25) is 9.89 Å². The SMILES string of the molecule is O=C(Nc1cn[nH]c1)C1Cc2ccccc2O1. The molecule has 0 saturated heterocycles. The number of aromatic amines is 1. The van der Waals surface area contributed by atoms with Crippen molar-refractivity contribution < 1.29 is 9.53 Å². The number of H-pyrrole nitrogens is 1. The van der Waals surface area contributed by atoms with Crippen LogP contribution in [0.15, 0.2) is 36.7 Å². The molecule has 0 saturated carbocycles. The molecule has 3 rings (SSSR count). The molecule has 2 heterocycles. The quantitative estimate of drug-likeness (QED) is 0.816. The molecule has 1 aliphatic heterocycles. The molecule has 2 aromatic rings. The third kappa shape index (κ3) is 1.87. The lowest BCUT2D eigenvalue weighted by Gasteiger charge is -2.09. The zero-order chi connectivity index (χ0) is 11.7. The first-order valence-corrected chi connectivity index (χ1v) is 5.37. The minimum absolute atomic E-state index is 0.150. The largest absolute Gasteiger partial charge is 0.480 e. The van der Waals surface area contributed by atoms with Gasteiger partial charge in [0.2, 0.25) is 0 Å². The zero-order valence-corrected chi connectivity index (χ0v) is 9.01. The van der Waals surface area contributed by atoms with E-state index >= 15 is 0 Å². The maximum atomic E-state index is 11.9. The van der Waals surface area contributed by atoms with Crippen molar-refractivity contribution in [3.05, 3.63) is 42.2 Å². The average Bonchev–Trinajstić information content (AvgIpc) is 2.96. The minimum atomic E-state index is -0.456. The van der Waals surface area contributed by atoms with E-state index in [0.717, 1.165) is 11.3 Å². The van der Waals surface area contributed by atoms with E-state index in [9.17, 15) is 4.79 Å². The van der Waals surface area contributed by atoms with E-state index in [0.29, 0.717) is 12.1 Å². The Bertz CT molecular complexity index is 511. The molecule has 0 fully saturated rings. The van der Waals surface area contributed by atoms with Crippen LogP contribution in [0.5, 0.6) is 5.75 Å². The number of fused-ring (bicyclic) bond motifs is 1. The van der Waals surface area contributed by atoms with Gasteiger partial charge in [-0.1, -0.05) is 18.2 Å². The number of hydrogen-bond donors (Lipinski definition) is 2. The van der Waals surface area contributed by atoms with Crippen LogP contribution in [0.2, 0.25) is 0 Å². The molecule has 1 amide bonds. The van der Waals surface area contributed by atoms with Gasteiger partial charge in [0.1, 0.15) is 5.75 Å². The lowest BCUT2D eigenvalue weighted by molar-refractivity contribution is -0.122. The second-order valence-electron chi connectivity index (χ2n) is 3.89. The van der Waals surface area contributed by atoms with Crippen molar-refractivity contribution in [2.75, 3.05) is 5.32 Å². The van der Waals surface area contributed by atoms with Crippen molar-refractivity contribution in [1.29, 1.82) is 0 Å². The number of carbonyl (C=O) groups excluding carboxylic acids is 1. The number of carbonyl (C=O) groups is 1. The van der Waals surface area contributed by atoms with Crippen molar-refractivity contribution in [2.45, 2.75) is 12.5 Å². The van der Waals surface area contributed by atoms with Gasteiger partial charge in [0, 0.05) is 12.6 Å². The van der Waals surface area contributed by atoms with Crippen LogP contribution in [0.3, 0.4) is 0 Å². The van der Waals surface area contributed by atoms with Gasteiger partial charge in [-0.05, 0) is 11.6 Å². The smallest absolute Gasteiger partial charge is 0.265 e. The Hall–Kier alpha value is -2.30. The van der Waals surface area contributed by atoms with E-state index in [1.54, 1.807) is 12.4 Å². The molecule has 0 bridgehead atoms. The first kappa shape index (κ1) is 9.89. The number of anilines is 1. The molecule has 1 atom stereocenters. The van der Waals surface area contributed by atoms with E-state index in [2.05, 4.69) is 15.5 Å². The van der Waals surface area contributed by atoms with Gasteiger partial charge in [-0.25, -0.2) is 0 Å². The highest BCUT2D eigenvalue weighted by Gasteiger charge is 2.28. The van der Waals surface area contributed by atoms with E-state index in [1.165, 1.54) is 0 Å². The maximum absolute atomic E-state index is 11.9. The molecule has 5 nitrogen and oxygen atoms in total. The second-order valence-corrected chi connectivity index (χ2v) is 3.89. The van der Waals surface area contributed by atoms with Crippen LogP contribution in [0, 0.1) is 0 Å². The Balaban J connectivity index is 1.70. The highest BCUT2D eigenvalue weighted by atomic mass is 16.5. The predicted molar refractivity (Wildman–Crippen MR) is 61.8 cm³/mol. The third-order valence-corrected chi connectivity index (χ3v) is 2.71. The summed E-state index contributed by atoms with van der Waals surface area (Å²) in [6.07, 6.45) is 3.34. The minimum Gasteiger partial charge on any atom is -0.480 e. The monoisotopic (exact) mass is 229 g/mol. The van der Waals surface area contributed by atoms with Crippen LogP contribution in [0.4, 0.5) is 5.69 Å². The summed E-state index contributed by atoms with van der Waals surface area (Å²) in [6, 6.07) is 7.69. The second kappa shape index (κ2) is 3.93. The van der Waals surface area contributed by atoms with Crippen LogP contribution >= 0.6 is 0 Å². The number of para-hydroxylation sites is 1. The summed E-state index contributed by atoms with van der Waals surface area (Å²) in [6.45, 7) is 0. The fraction of sp³-hybridized carbons (Fsp3) is 0.167. The number of hydrogen-bond acceptors (Lipinski definition) is 3. The van der Waals surface area contributed by atoms with Crippen LogP contribution in [-0.2, 0) is 11.2 Å². The van der Waals surface area contributed by atoms with Gasteiger partial charge in [0.15, 0.2) is 6.10 Å². The average molecular weight is 229 g/mol. The van der Waals surface area contributed by atoms with Crippen molar-refractivity contribution in [2.24, 2.45) is 0 Å². The van der Waals surface area contributed by atoms with Gasteiger partial charge >= 0.3 is 0 Å². The molecule has 1 unspecified atom stereocenters. The molecule has 5 heteroatoms. The van der Waals surface area contributed by atoms with E-state index in [-0.39, 0.29) is 5.91 Å². The lowest BCUT2D eigenvalue weighted by Crippen LogP contribution is -2.31. The first-order chi connectivity index (χ1) is 8.33. The molecule has 0 radical (unpaired) electrons. The summed E-state index contributed by atoms with van der Waals surface area (Å²) < 4.78 is 5.57. The van der Waals surface area contributed by atoms with Crippen molar-refractivity contribution in [1.82, 2.24) is 10.2 Å². The first-order valence-electron chi connectivity index (χ1n) is 5.37. The fourth-order valence-electron chi connectivity index (χ4n) is 1.87. The molecule has 0 spiro atoms. The number of nitrogens with one attached hydrogen (secondary N) is 2. The number of amides is 1. The molecule has 0 aliphatic carbocycles. The highest BCUT2D eigenvalue weighted by molar-refractivity contribution is 5.94. The van der Waals surface area contributed by atoms with E-state index < -0.39 is 6.10 Å². The number of aromatic nitrogens is 2. The summed E-state index contributed by atoms with van der Waals surface area (Å²) in [7, 11) is 0. The lowest BCUT2D eigenvalue weighted by atomic mass is 10.1. The fourth-order valence-corrected chi connectivity index (χ4v) is 1.87. The normalized spacial score (nSPS) is 17.3. The molecule has 86 valence electrons. The Kier molecular flexibility index (Phi) is 2.29. The molecule has 2 N–H and O–H groups in total. The van der Waals surface area contributed by atoms with Crippen molar-refractivity contribution >= 4 is 11.6 Å². The maximum Gasteiger partial charge on any atom is 0.265 e. The zero-order valence-electron chi connectivity index (χ0n) is 9.01. The van der Waals surface area contributed by atoms with Crippen molar-refractivity contribution in [3.63, 3.8) is 0 Å². The molecule has 1 aromatic heterocycles. The third-order valence-electron chi connectivity index (χ3n) is 2.71. The number of benzene rings is 1. The van der Waals surface area contributed by atoms with E-state index in [4.69, 9.17) is 4.74 Å². The summed E-state index contributed by atoms with van der Waals surface area (Å²) in [5.41, 5.74) is 1.72. The number of ether oxygens (including phenoxy) is 1. The molecule has 1 aromatic carbocycles. The Labute approximate surface area is 97.8 Å². The van der Waals surface area contributed by atoms with E-state index in [1.807, 2.05) is 24.3 Å². The predicted octanol–water partition coefficient (Wildman–Crippen LogP) is 1.35. The Morgan fingerprint density at radius 3 is 3.12 bits per heavy atom. The van der Waals surface area contributed by atoms with Crippen LogP contribution < -0.4 is 10.1 Å². The van der Waals surface area contributed by atoms with Gasteiger partial charge < -0.3 is 10.1 Å². The summed E-state index contributed by atoms with van der Waals surface area (Å²) in [5.74, 6) is 0.641. The standard InChI is InChI=1S/C12H11N3O2/c16-12(15-9-6-13-14-7-9)11-5-8-3-1-2-4-10(8)17-11/h1-4,6-7,11H,5H2,(H,13,14)(H,15,16). The van der Waals surface area contributed by atoms with Crippen LogP contribution in [-0.4, -0.2) is 22.2 Å². The summed E-state index contributed by atoms with van der Waals surface area (Å²) in [4.78, 5) is 11.9. The van der Waals surface area contributed by atoms with Gasteiger partial charge in [0.05, 0.1) is 11.9 Å². The highest BCUT2D eigenvalue weighted by Crippen LogP contribution is 2.28. The number of nitrogens with zero attached hydrogens (tertiary/aromatic N) is 1. The van der Waals surface area contributed by atoms with Crippen molar-refractivity contribution in [3.8, 4) is 5.75 Å². The molecule has 17 heavy (non-hydrogen) atoms. The number of rotatable bonds is 2. The van der Waals surface area contributed by atoms with Gasteiger partial charge in [-0.2, -0.15) is 5.10 Å². The molecular weight excluding hydrogens is 218 g/mol.